The third-order valence-electron chi connectivity index (χ3n) is 8.31. The van der Waals surface area contributed by atoms with Crippen LogP contribution in [0, 0.1) is 22.0 Å². The molecule has 0 heterocycles. The smallest absolute Gasteiger partial charge is 0.293 e. The molecule has 2 fully saturated rings. The van der Waals surface area contributed by atoms with Gasteiger partial charge in [-0.3, -0.25) is 14.9 Å². The van der Waals surface area contributed by atoms with Crippen molar-refractivity contribution in [3.05, 3.63) is 94.0 Å². The standard InChI is InChI=1S/C31H35N3O5S2/c35-31(24-15-13-23(14-16-24)28-12-6-8-22-7-4-5-11-27(22)28)33-41(38,39)26-17-18-29(30(21-26)34(36)37)32-19-20-40-25-9-2-1-3-10-25/h1-3,9-10,13-18,21-22,27-28,32H,4-8,11-12,19-20H2,(H,33,35). The van der Waals surface area contributed by atoms with E-state index in [1.54, 1.807) is 23.9 Å². The van der Waals surface area contributed by atoms with Crippen molar-refractivity contribution >= 4 is 39.1 Å². The van der Waals surface area contributed by atoms with E-state index >= 15 is 0 Å². The number of fused-ring (bicyclic) bond motifs is 1. The fourth-order valence-electron chi connectivity index (χ4n) is 6.32. The third-order valence-corrected chi connectivity index (χ3v) is 10.7. The highest BCUT2D eigenvalue weighted by Crippen LogP contribution is 2.48. The number of benzene rings is 3. The maximum Gasteiger partial charge on any atom is 0.293 e. The van der Waals surface area contributed by atoms with Gasteiger partial charge in [-0.05, 0) is 72.6 Å². The van der Waals surface area contributed by atoms with E-state index in [1.807, 2.05) is 42.5 Å². The molecule has 2 aliphatic rings. The van der Waals surface area contributed by atoms with Gasteiger partial charge in [0.2, 0.25) is 0 Å². The monoisotopic (exact) mass is 593 g/mol. The van der Waals surface area contributed by atoms with E-state index in [2.05, 4.69) is 10.0 Å². The van der Waals surface area contributed by atoms with Gasteiger partial charge >= 0.3 is 0 Å². The van der Waals surface area contributed by atoms with Crippen molar-refractivity contribution in [2.45, 2.75) is 60.7 Å². The van der Waals surface area contributed by atoms with Crippen molar-refractivity contribution in [3.63, 3.8) is 0 Å². The summed E-state index contributed by atoms with van der Waals surface area (Å²) in [6, 6.07) is 20.6. The number of nitro benzene ring substituents is 1. The first-order valence-corrected chi connectivity index (χ1v) is 16.7. The second-order valence-electron chi connectivity index (χ2n) is 10.8. The van der Waals surface area contributed by atoms with Gasteiger partial charge in [0.25, 0.3) is 21.6 Å². The first-order valence-electron chi connectivity index (χ1n) is 14.2. The van der Waals surface area contributed by atoms with E-state index in [9.17, 15) is 23.3 Å². The average molecular weight is 594 g/mol. The quantitative estimate of drug-likeness (QED) is 0.113. The molecule has 2 N–H and O–H groups in total. The van der Waals surface area contributed by atoms with Gasteiger partial charge in [-0.2, -0.15) is 0 Å². The zero-order valence-electron chi connectivity index (χ0n) is 22.8. The fraction of sp³-hybridized carbons (Fsp3) is 0.387. The zero-order chi connectivity index (χ0) is 28.8. The molecule has 41 heavy (non-hydrogen) atoms. The normalized spacial score (nSPS) is 20.5. The molecule has 0 aromatic heterocycles. The number of nitrogens with one attached hydrogen (secondary N) is 2. The molecular formula is C31H35N3O5S2. The number of amides is 1. The molecule has 0 radical (unpaired) electrons. The van der Waals surface area contributed by atoms with Crippen LogP contribution in [0.4, 0.5) is 11.4 Å². The summed E-state index contributed by atoms with van der Waals surface area (Å²) >= 11 is 1.60. The van der Waals surface area contributed by atoms with Crippen molar-refractivity contribution in [1.29, 1.82) is 0 Å². The van der Waals surface area contributed by atoms with Gasteiger partial charge in [0.05, 0.1) is 9.82 Å². The van der Waals surface area contributed by atoms with Crippen molar-refractivity contribution in [3.8, 4) is 0 Å². The highest BCUT2D eigenvalue weighted by molar-refractivity contribution is 7.99. The number of thioether (sulfide) groups is 1. The largest absolute Gasteiger partial charge is 0.379 e. The molecule has 2 aliphatic carbocycles. The lowest BCUT2D eigenvalue weighted by Gasteiger charge is -2.41. The topological polar surface area (TPSA) is 118 Å². The molecule has 10 heteroatoms. The Kier molecular flexibility index (Phi) is 9.29. The molecule has 0 bridgehead atoms. The van der Waals surface area contributed by atoms with Crippen LogP contribution in [-0.4, -0.2) is 31.5 Å². The van der Waals surface area contributed by atoms with Crippen LogP contribution in [0.3, 0.4) is 0 Å². The molecule has 0 spiro atoms. The van der Waals surface area contributed by atoms with E-state index in [4.69, 9.17) is 0 Å². The molecule has 3 aromatic rings. The number of carbonyl (C=O) groups is 1. The van der Waals surface area contributed by atoms with Crippen LogP contribution < -0.4 is 10.0 Å². The molecule has 0 saturated heterocycles. The van der Waals surface area contributed by atoms with E-state index in [0.717, 1.165) is 23.3 Å². The van der Waals surface area contributed by atoms with Crippen LogP contribution in [0.15, 0.2) is 82.6 Å². The fourth-order valence-corrected chi connectivity index (χ4v) is 8.11. The number of carbonyl (C=O) groups excluding carboxylic acids is 1. The number of nitrogens with zero attached hydrogens (tertiary/aromatic N) is 1. The van der Waals surface area contributed by atoms with Gasteiger partial charge in [0.1, 0.15) is 5.69 Å². The van der Waals surface area contributed by atoms with Crippen molar-refractivity contribution < 1.29 is 18.1 Å². The molecule has 2 saturated carbocycles. The van der Waals surface area contributed by atoms with Gasteiger partial charge < -0.3 is 5.32 Å². The number of sulfonamides is 1. The Morgan fingerprint density at radius 2 is 1.66 bits per heavy atom. The Balaban J connectivity index is 1.22. The number of anilines is 1. The lowest BCUT2D eigenvalue weighted by atomic mass is 9.64. The second-order valence-corrected chi connectivity index (χ2v) is 13.7. The summed E-state index contributed by atoms with van der Waals surface area (Å²) in [6.45, 7) is 0.446. The second kappa shape index (κ2) is 13.1. The maximum absolute atomic E-state index is 13.0. The molecule has 8 nitrogen and oxygen atoms in total. The van der Waals surface area contributed by atoms with Crippen LogP contribution in [0.1, 0.15) is 66.8 Å². The van der Waals surface area contributed by atoms with Gasteiger partial charge in [-0.25, -0.2) is 13.1 Å². The van der Waals surface area contributed by atoms with Gasteiger partial charge in [0, 0.05) is 28.8 Å². The lowest BCUT2D eigenvalue weighted by molar-refractivity contribution is -0.384. The highest BCUT2D eigenvalue weighted by atomic mass is 32.2. The predicted octanol–water partition coefficient (Wildman–Crippen LogP) is 6.99. The molecule has 0 aliphatic heterocycles. The van der Waals surface area contributed by atoms with Crippen molar-refractivity contribution in [2.75, 3.05) is 17.6 Å². The molecule has 5 rings (SSSR count). The Bertz CT molecular complexity index is 1480. The van der Waals surface area contributed by atoms with E-state index in [-0.39, 0.29) is 21.8 Å². The number of nitro groups is 1. The van der Waals surface area contributed by atoms with Gasteiger partial charge in [-0.15, -0.1) is 11.8 Å². The summed E-state index contributed by atoms with van der Waals surface area (Å²) < 4.78 is 28.1. The first kappa shape index (κ1) is 29.1. The summed E-state index contributed by atoms with van der Waals surface area (Å²) in [5, 5.41) is 14.7. The molecular weight excluding hydrogens is 558 g/mol. The number of hydrogen-bond acceptors (Lipinski definition) is 7. The van der Waals surface area contributed by atoms with Crippen LogP contribution in [0.25, 0.3) is 0 Å². The molecule has 216 valence electrons. The van der Waals surface area contributed by atoms with Crippen LogP contribution in [0.5, 0.6) is 0 Å². The van der Waals surface area contributed by atoms with E-state index in [0.29, 0.717) is 24.1 Å². The van der Waals surface area contributed by atoms with Gasteiger partial charge in [-0.1, -0.05) is 62.4 Å². The zero-order valence-corrected chi connectivity index (χ0v) is 24.5. The first-order chi connectivity index (χ1) is 19.8. The lowest BCUT2D eigenvalue weighted by Crippen LogP contribution is -2.31. The molecule has 3 aromatic carbocycles. The van der Waals surface area contributed by atoms with Crippen LogP contribution in [0.2, 0.25) is 0 Å². The van der Waals surface area contributed by atoms with Crippen molar-refractivity contribution in [2.24, 2.45) is 11.8 Å². The van der Waals surface area contributed by atoms with E-state index < -0.39 is 20.9 Å². The van der Waals surface area contributed by atoms with Crippen LogP contribution >= 0.6 is 11.8 Å². The Labute approximate surface area is 245 Å². The summed E-state index contributed by atoms with van der Waals surface area (Å²) in [4.78, 5) is 24.7. The molecule has 3 unspecified atom stereocenters. The Hall–Kier alpha value is -3.37. The van der Waals surface area contributed by atoms with Crippen LogP contribution in [-0.2, 0) is 10.0 Å². The maximum atomic E-state index is 13.0. The minimum absolute atomic E-state index is 0.215. The minimum atomic E-state index is -4.32. The highest BCUT2D eigenvalue weighted by Gasteiger charge is 2.35. The summed E-state index contributed by atoms with van der Waals surface area (Å²) in [6.07, 6.45) is 8.83. The Morgan fingerprint density at radius 1 is 0.927 bits per heavy atom. The Morgan fingerprint density at radius 3 is 2.41 bits per heavy atom. The number of hydrogen-bond donors (Lipinski definition) is 2. The summed E-state index contributed by atoms with van der Waals surface area (Å²) in [5.41, 5.74) is 1.29. The van der Waals surface area contributed by atoms with Crippen molar-refractivity contribution in [1.82, 2.24) is 4.72 Å². The minimum Gasteiger partial charge on any atom is -0.379 e. The van der Waals surface area contributed by atoms with Gasteiger partial charge in [0.15, 0.2) is 0 Å². The third kappa shape index (κ3) is 7.11. The summed E-state index contributed by atoms with van der Waals surface area (Å²) in [7, 11) is -4.32. The summed E-state index contributed by atoms with van der Waals surface area (Å²) in [5.74, 6) is 1.86. The van der Waals surface area contributed by atoms with E-state index in [1.165, 1.54) is 56.2 Å². The SMILES string of the molecule is O=C(NS(=O)(=O)c1ccc(NCCSc2ccccc2)c([N+](=O)[O-])c1)c1ccc(C2CCCC3CCCCC32)cc1. The molecule has 1 amide bonds. The predicted molar refractivity (Wildman–Crippen MR) is 162 cm³/mol. The number of rotatable bonds is 10. The average Bonchev–Trinajstić information content (AvgIpc) is 2.99. The molecule has 3 atom stereocenters.